The number of benzene rings is 1. The van der Waals surface area contributed by atoms with E-state index in [-0.39, 0.29) is 0 Å². The van der Waals surface area contributed by atoms with Gasteiger partial charge in [-0.3, -0.25) is 4.68 Å². The minimum Gasteiger partial charge on any atom is -0.370 e. The van der Waals surface area contributed by atoms with Crippen LogP contribution in [0.15, 0.2) is 35.1 Å². The molecule has 1 atom stereocenters. The van der Waals surface area contributed by atoms with E-state index in [0.29, 0.717) is 6.04 Å². The van der Waals surface area contributed by atoms with Crippen molar-refractivity contribution in [2.75, 3.05) is 19.0 Å². The van der Waals surface area contributed by atoms with E-state index in [1.807, 2.05) is 31.2 Å². The molecular weight excluding hydrogens is 316 g/mol. The quantitative estimate of drug-likeness (QED) is 0.910. The van der Waals surface area contributed by atoms with Crippen LogP contribution < -0.4 is 10.2 Å². The summed E-state index contributed by atoms with van der Waals surface area (Å²) in [5.74, 6) is 0. The van der Waals surface area contributed by atoms with Crippen molar-refractivity contribution in [1.29, 1.82) is 0 Å². The summed E-state index contributed by atoms with van der Waals surface area (Å²) >= 11 is 3.66. The molecule has 2 rings (SSSR count). The molecule has 0 aliphatic rings. The molecule has 0 spiro atoms. The molecular formula is C15H21BrN4. The molecule has 1 N–H and O–H groups in total. The zero-order chi connectivity index (χ0) is 14.7. The highest BCUT2D eigenvalue weighted by Gasteiger charge is 2.10. The highest BCUT2D eigenvalue weighted by atomic mass is 79.9. The van der Waals surface area contributed by atoms with E-state index in [0.717, 1.165) is 11.0 Å². The van der Waals surface area contributed by atoms with Crippen molar-refractivity contribution in [3.63, 3.8) is 0 Å². The molecule has 0 radical (unpaired) electrons. The summed E-state index contributed by atoms with van der Waals surface area (Å²) in [5.41, 5.74) is 3.66. The van der Waals surface area contributed by atoms with Gasteiger partial charge in [-0.25, -0.2) is 0 Å². The Morgan fingerprint density at radius 2 is 2.20 bits per heavy atom. The molecule has 0 aliphatic carbocycles. The molecule has 0 saturated heterocycles. The molecule has 0 fully saturated rings. The predicted octanol–water partition coefficient (Wildman–Crippen LogP) is 3.10. The first-order valence-corrected chi connectivity index (χ1v) is 7.46. The maximum atomic E-state index is 4.20. The summed E-state index contributed by atoms with van der Waals surface area (Å²) in [5, 5.41) is 7.46. The lowest BCUT2D eigenvalue weighted by molar-refractivity contribution is 0.649. The van der Waals surface area contributed by atoms with E-state index in [2.05, 4.69) is 63.4 Å². The molecule has 1 aromatic heterocycles. The Hall–Kier alpha value is -1.33. The van der Waals surface area contributed by atoms with Crippen LogP contribution in [-0.2, 0) is 13.6 Å². The number of nitrogens with one attached hydrogen (secondary N) is 1. The molecule has 0 bridgehead atoms. The van der Waals surface area contributed by atoms with E-state index >= 15 is 0 Å². The fourth-order valence-corrected chi connectivity index (χ4v) is 2.89. The van der Waals surface area contributed by atoms with Crippen molar-refractivity contribution in [3.8, 4) is 0 Å². The first-order chi connectivity index (χ1) is 9.51. The number of nitrogens with zero attached hydrogens (tertiary/aromatic N) is 3. The minimum atomic E-state index is 0.335. The van der Waals surface area contributed by atoms with E-state index in [1.54, 1.807) is 0 Å². The van der Waals surface area contributed by atoms with Crippen LogP contribution in [-0.4, -0.2) is 23.9 Å². The molecule has 1 unspecified atom stereocenters. The average molecular weight is 337 g/mol. The summed E-state index contributed by atoms with van der Waals surface area (Å²) in [6.45, 7) is 3.00. The zero-order valence-corrected chi connectivity index (χ0v) is 14.0. The molecule has 2 aromatic rings. The summed E-state index contributed by atoms with van der Waals surface area (Å²) in [4.78, 5) is 2.22. The second kappa shape index (κ2) is 6.41. The van der Waals surface area contributed by atoms with Crippen molar-refractivity contribution in [2.24, 2.45) is 7.05 Å². The predicted molar refractivity (Wildman–Crippen MR) is 86.9 cm³/mol. The SMILES string of the molecule is CNC(C)c1ccc(N(C)Cc2cnn(C)c2)cc1Br. The normalized spacial score (nSPS) is 12.4. The minimum absolute atomic E-state index is 0.335. The van der Waals surface area contributed by atoms with Crippen LogP contribution >= 0.6 is 15.9 Å². The van der Waals surface area contributed by atoms with Crippen molar-refractivity contribution in [3.05, 3.63) is 46.2 Å². The lowest BCUT2D eigenvalue weighted by atomic mass is 10.1. The van der Waals surface area contributed by atoms with Gasteiger partial charge < -0.3 is 10.2 Å². The number of anilines is 1. The Kier molecular flexibility index (Phi) is 4.83. The maximum Gasteiger partial charge on any atom is 0.0539 e. The summed E-state index contributed by atoms with van der Waals surface area (Å²) in [6.07, 6.45) is 3.95. The zero-order valence-electron chi connectivity index (χ0n) is 12.4. The molecule has 4 nitrogen and oxygen atoms in total. The lowest BCUT2D eigenvalue weighted by Gasteiger charge is -2.21. The number of aromatic nitrogens is 2. The third-order valence-electron chi connectivity index (χ3n) is 3.50. The van der Waals surface area contributed by atoms with Gasteiger partial charge in [0.05, 0.1) is 6.20 Å². The van der Waals surface area contributed by atoms with Gasteiger partial charge in [0.25, 0.3) is 0 Å². The average Bonchev–Trinajstić information content (AvgIpc) is 2.83. The van der Waals surface area contributed by atoms with Crippen LogP contribution in [0.5, 0.6) is 0 Å². The van der Waals surface area contributed by atoms with E-state index in [1.165, 1.54) is 16.8 Å². The maximum absolute atomic E-state index is 4.20. The van der Waals surface area contributed by atoms with Crippen LogP contribution in [0, 0.1) is 0 Å². The Morgan fingerprint density at radius 3 is 2.75 bits per heavy atom. The van der Waals surface area contributed by atoms with Gasteiger partial charge in [-0.1, -0.05) is 22.0 Å². The summed E-state index contributed by atoms with van der Waals surface area (Å²) in [6, 6.07) is 6.83. The second-order valence-corrected chi connectivity index (χ2v) is 5.95. The summed E-state index contributed by atoms with van der Waals surface area (Å²) in [7, 11) is 6.00. The first-order valence-electron chi connectivity index (χ1n) is 6.66. The molecule has 0 saturated carbocycles. The fourth-order valence-electron chi connectivity index (χ4n) is 2.18. The highest BCUT2D eigenvalue weighted by molar-refractivity contribution is 9.10. The van der Waals surface area contributed by atoms with E-state index in [9.17, 15) is 0 Å². The first kappa shape index (κ1) is 15.1. The number of rotatable bonds is 5. The van der Waals surface area contributed by atoms with Crippen LogP contribution in [0.3, 0.4) is 0 Å². The Labute approximate surface area is 128 Å². The Morgan fingerprint density at radius 1 is 1.45 bits per heavy atom. The highest BCUT2D eigenvalue weighted by Crippen LogP contribution is 2.28. The topological polar surface area (TPSA) is 33.1 Å². The number of aryl methyl sites for hydroxylation is 1. The van der Waals surface area contributed by atoms with Gasteiger partial charge >= 0.3 is 0 Å². The lowest BCUT2D eigenvalue weighted by Crippen LogP contribution is -2.17. The molecule has 108 valence electrons. The molecule has 1 heterocycles. The number of hydrogen-bond acceptors (Lipinski definition) is 3. The van der Waals surface area contributed by atoms with Crippen molar-refractivity contribution in [2.45, 2.75) is 19.5 Å². The monoisotopic (exact) mass is 336 g/mol. The van der Waals surface area contributed by atoms with Crippen LogP contribution in [0.2, 0.25) is 0 Å². The smallest absolute Gasteiger partial charge is 0.0539 e. The standard InChI is InChI=1S/C15H21BrN4/c1-11(17-2)14-6-5-13(7-15(14)16)19(3)9-12-8-18-20(4)10-12/h5-8,10-11,17H,9H2,1-4H3. The molecule has 0 amide bonds. The molecule has 1 aromatic carbocycles. The molecule has 20 heavy (non-hydrogen) atoms. The van der Waals surface area contributed by atoms with Crippen LogP contribution in [0.25, 0.3) is 0 Å². The van der Waals surface area contributed by atoms with Crippen LogP contribution in [0.1, 0.15) is 24.1 Å². The Balaban J connectivity index is 2.14. The second-order valence-electron chi connectivity index (χ2n) is 5.09. The van der Waals surface area contributed by atoms with Gasteiger partial charge in [0.15, 0.2) is 0 Å². The van der Waals surface area contributed by atoms with Crippen molar-refractivity contribution >= 4 is 21.6 Å². The number of halogens is 1. The van der Waals surface area contributed by atoms with Crippen LogP contribution in [0.4, 0.5) is 5.69 Å². The fraction of sp³-hybridized carbons (Fsp3) is 0.400. The van der Waals surface area contributed by atoms with Gasteiger partial charge in [-0.15, -0.1) is 0 Å². The van der Waals surface area contributed by atoms with E-state index in [4.69, 9.17) is 0 Å². The molecule has 5 heteroatoms. The number of hydrogen-bond donors (Lipinski definition) is 1. The van der Waals surface area contributed by atoms with E-state index < -0.39 is 0 Å². The van der Waals surface area contributed by atoms with Crippen molar-refractivity contribution < 1.29 is 0 Å². The Bertz CT molecular complexity index is 579. The third-order valence-corrected chi connectivity index (χ3v) is 4.19. The van der Waals surface area contributed by atoms with Crippen molar-refractivity contribution in [1.82, 2.24) is 15.1 Å². The van der Waals surface area contributed by atoms with Gasteiger partial charge in [0.1, 0.15) is 0 Å². The van der Waals surface area contributed by atoms with Gasteiger partial charge in [-0.2, -0.15) is 5.10 Å². The van der Waals surface area contributed by atoms with Gasteiger partial charge in [0.2, 0.25) is 0 Å². The third kappa shape index (κ3) is 3.41. The van der Waals surface area contributed by atoms with Gasteiger partial charge in [0, 0.05) is 48.6 Å². The largest absolute Gasteiger partial charge is 0.370 e. The van der Waals surface area contributed by atoms with Gasteiger partial charge in [-0.05, 0) is 31.7 Å². The summed E-state index contributed by atoms with van der Waals surface area (Å²) < 4.78 is 2.96. The molecule has 0 aliphatic heterocycles.